The molecule has 4 aromatic rings. The number of aromatic nitrogens is 3. The highest BCUT2D eigenvalue weighted by atomic mass is 35.5. The van der Waals surface area contributed by atoms with E-state index in [2.05, 4.69) is 32.6 Å². The molecule has 0 saturated carbocycles. The largest absolute Gasteiger partial charge is 0.378 e. The van der Waals surface area contributed by atoms with Crippen LogP contribution in [0.25, 0.3) is 28.0 Å². The molecule has 32 heavy (non-hydrogen) atoms. The van der Waals surface area contributed by atoms with Crippen molar-refractivity contribution < 1.29 is 4.74 Å². The summed E-state index contributed by atoms with van der Waals surface area (Å²) in [5, 5.41) is 1.18. The van der Waals surface area contributed by atoms with E-state index < -0.39 is 0 Å². The molecule has 0 unspecified atom stereocenters. The first-order chi connectivity index (χ1) is 15.6. The number of rotatable bonds is 4. The molecule has 2 N–H and O–H groups in total. The quantitative estimate of drug-likeness (QED) is 0.458. The maximum absolute atomic E-state index is 6.54. The third kappa shape index (κ3) is 3.73. The third-order valence-electron chi connectivity index (χ3n) is 5.97. The number of hydrogen-bond donors (Lipinski definition) is 1. The highest BCUT2D eigenvalue weighted by Crippen LogP contribution is 2.36. The minimum atomic E-state index is 0.384. The first-order valence-electron chi connectivity index (χ1n) is 10.5. The van der Waals surface area contributed by atoms with Crippen LogP contribution in [0.5, 0.6) is 0 Å². The smallest absolute Gasteiger partial charge is 0.140 e. The summed E-state index contributed by atoms with van der Waals surface area (Å²) in [6.45, 7) is 5.60. The van der Waals surface area contributed by atoms with Crippen LogP contribution < -0.4 is 10.6 Å². The molecule has 0 bridgehead atoms. The van der Waals surface area contributed by atoms with Gasteiger partial charge in [0.1, 0.15) is 11.5 Å². The second-order valence-electron chi connectivity index (χ2n) is 7.82. The van der Waals surface area contributed by atoms with Crippen molar-refractivity contribution in [1.29, 1.82) is 0 Å². The van der Waals surface area contributed by atoms with Crippen LogP contribution in [0, 0.1) is 6.92 Å². The van der Waals surface area contributed by atoms with E-state index in [1.54, 1.807) is 6.07 Å². The number of nitrogens with zero attached hydrogens (tertiary/aromatic N) is 4. The van der Waals surface area contributed by atoms with Crippen molar-refractivity contribution in [2.24, 2.45) is 5.73 Å². The van der Waals surface area contributed by atoms with Gasteiger partial charge in [0, 0.05) is 58.8 Å². The molecule has 0 radical (unpaired) electrons. The molecule has 8 heteroatoms. The Bertz CT molecular complexity index is 1280. The average molecular weight is 468 g/mol. The van der Waals surface area contributed by atoms with Crippen LogP contribution in [-0.2, 0) is 11.3 Å². The van der Waals surface area contributed by atoms with Gasteiger partial charge < -0.3 is 15.4 Å². The second kappa shape index (κ2) is 8.71. The molecule has 0 amide bonds. The summed E-state index contributed by atoms with van der Waals surface area (Å²) in [4.78, 5) is 11.6. The van der Waals surface area contributed by atoms with Gasteiger partial charge in [-0.1, -0.05) is 29.3 Å². The molecular formula is C24H23Cl2N5O. The number of aryl methyl sites for hydroxylation is 1. The maximum atomic E-state index is 6.54. The number of hydrogen-bond acceptors (Lipinski definition) is 5. The van der Waals surface area contributed by atoms with Gasteiger partial charge in [0.15, 0.2) is 0 Å². The van der Waals surface area contributed by atoms with Gasteiger partial charge in [0.2, 0.25) is 0 Å². The molecule has 5 rings (SSSR count). The Morgan fingerprint density at radius 1 is 1.03 bits per heavy atom. The van der Waals surface area contributed by atoms with Crippen molar-refractivity contribution >= 4 is 34.7 Å². The number of nitrogens with two attached hydrogens (primary N) is 1. The Labute approximate surface area is 196 Å². The predicted octanol–water partition coefficient (Wildman–Crippen LogP) is 4.97. The summed E-state index contributed by atoms with van der Waals surface area (Å²) < 4.78 is 7.52. The van der Waals surface area contributed by atoms with Crippen LogP contribution in [0.4, 0.5) is 5.82 Å². The Morgan fingerprint density at radius 3 is 2.53 bits per heavy atom. The lowest BCUT2D eigenvalue weighted by molar-refractivity contribution is 0.122. The maximum Gasteiger partial charge on any atom is 0.140 e. The molecular weight excluding hydrogens is 445 g/mol. The van der Waals surface area contributed by atoms with E-state index in [-0.39, 0.29) is 0 Å². The molecule has 1 aliphatic heterocycles. The number of fused-ring (bicyclic) bond motifs is 1. The van der Waals surface area contributed by atoms with E-state index in [1.807, 2.05) is 31.5 Å². The van der Waals surface area contributed by atoms with E-state index in [0.29, 0.717) is 16.6 Å². The molecule has 1 fully saturated rings. The van der Waals surface area contributed by atoms with Gasteiger partial charge in [-0.25, -0.2) is 9.97 Å². The Balaban J connectivity index is 1.61. The lowest BCUT2D eigenvalue weighted by Crippen LogP contribution is -2.36. The molecule has 164 valence electrons. The Morgan fingerprint density at radius 2 is 1.84 bits per heavy atom. The fourth-order valence-electron chi connectivity index (χ4n) is 4.25. The van der Waals surface area contributed by atoms with Crippen LogP contribution in [0.15, 0.2) is 48.9 Å². The fraction of sp³-hybridized carbons (Fsp3) is 0.250. The first kappa shape index (κ1) is 21.2. The number of anilines is 1. The van der Waals surface area contributed by atoms with Crippen molar-refractivity contribution in [3.8, 4) is 22.4 Å². The molecule has 4 heterocycles. The molecule has 6 nitrogen and oxygen atoms in total. The van der Waals surface area contributed by atoms with Gasteiger partial charge in [-0.15, -0.1) is 0 Å². The van der Waals surface area contributed by atoms with Gasteiger partial charge >= 0.3 is 0 Å². The molecule has 3 aromatic heterocycles. The predicted molar refractivity (Wildman–Crippen MR) is 130 cm³/mol. The molecule has 1 aliphatic rings. The zero-order valence-electron chi connectivity index (χ0n) is 17.7. The van der Waals surface area contributed by atoms with E-state index in [1.165, 1.54) is 0 Å². The number of pyridine rings is 2. The van der Waals surface area contributed by atoms with E-state index >= 15 is 0 Å². The van der Waals surface area contributed by atoms with Gasteiger partial charge in [-0.3, -0.25) is 4.40 Å². The minimum Gasteiger partial charge on any atom is -0.378 e. The molecule has 1 saturated heterocycles. The number of morpholine rings is 1. The molecule has 1 aromatic carbocycles. The van der Waals surface area contributed by atoms with Crippen LogP contribution in [0.2, 0.25) is 10.0 Å². The SMILES string of the molecule is Cc1c(CN)c(-c2ccc(Cl)cc2Cl)cn2c(-c3ccc(N4CCOCC4)nc3)cnc12. The van der Waals surface area contributed by atoms with Gasteiger partial charge in [-0.2, -0.15) is 0 Å². The topological polar surface area (TPSA) is 68.7 Å². The summed E-state index contributed by atoms with van der Waals surface area (Å²) in [7, 11) is 0. The molecule has 0 aliphatic carbocycles. The van der Waals surface area contributed by atoms with Crippen LogP contribution in [0.3, 0.4) is 0 Å². The van der Waals surface area contributed by atoms with Crippen molar-refractivity contribution in [2.45, 2.75) is 13.5 Å². The zero-order valence-corrected chi connectivity index (χ0v) is 19.2. The van der Waals surface area contributed by atoms with Gasteiger partial charge in [0.25, 0.3) is 0 Å². The normalized spacial score (nSPS) is 14.3. The number of ether oxygens (including phenoxy) is 1. The standard InChI is InChI=1S/C24H23Cl2N5O/c1-15-19(11-27)20(18-4-3-17(25)10-21(18)26)14-31-22(13-29-24(15)31)16-2-5-23(28-12-16)30-6-8-32-9-7-30/h2-5,10,12-14H,6-9,11,27H2,1H3. The summed E-state index contributed by atoms with van der Waals surface area (Å²) in [5.74, 6) is 0.959. The summed E-state index contributed by atoms with van der Waals surface area (Å²) >= 11 is 12.7. The van der Waals surface area contributed by atoms with Crippen LogP contribution in [0.1, 0.15) is 11.1 Å². The van der Waals surface area contributed by atoms with Crippen molar-refractivity contribution in [1.82, 2.24) is 14.4 Å². The molecule has 0 spiro atoms. The number of imidazole rings is 1. The highest BCUT2D eigenvalue weighted by molar-refractivity contribution is 6.36. The second-order valence-corrected chi connectivity index (χ2v) is 8.66. The summed E-state index contributed by atoms with van der Waals surface area (Å²) in [6, 6.07) is 9.66. The van der Waals surface area contributed by atoms with Gasteiger partial charge in [0.05, 0.1) is 25.1 Å². The van der Waals surface area contributed by atoms with E-state index in [0.717, 1.165) is 71.3 Å². The summed E-state index contributed by atoms with van der Waals surface area (Å²) in [5.41, 5.74) is 12.8. The lowest BCUT2D eigenvalue weighted by Gasteiger charge is -2.27. The van der Waals surface area contributed by atoms with Crippen LogP contribution in [-0.4, -0.2) is 40.7 Å². The third-order valence-corrected chi connectivity index (χ3v) is 6.52. The first-order valence-corrected chi connectivity index (χ1v) is 11.3. The van der Waals surface area contributed by atoms with Crippen molar-refractivity contribution in [3.63, 3.8) is 0 Å². The lowest BCUT2D eigenvalue weighted by atomic mass is 9.98. The Kier molecular flexibility index (Phi) is 5.78. The van der Waals surface area contributed by atoms with Crippen molar-refractivity contribution in [2.75, 3.05) is 31.2 Å². The van der Waals surface area contributed by atoms with E-state index in [4.69, 9.17) is 38.7 Å². The minimum absolute atomic E-state index is 0.384. The summed E-state index contributed by atoms with van der Waals surface area (Å²) in [6.07, 6.45) is 5.83. The number of benzene rings is 1. The highest BCUT2D eigenvalue weighted by Gasteiger charge is 2.18. The Hall–Kier alpha value is -2.64. The average Bonchev–Trinajstić information content (AvgIpc) is 3.24. The van der Waals surface area contributed by atoms with Gasteiger partial charge in [-0.05, 0) is 42.3 Å². The zero-order chi connectivity index (χ0) is 22.2. The monoisotopic (exact) mass is 467 g/mol. The van der Waals surface area contributed by atoms with E-state index in [9.17, 15) is 0 Å². The fourth-order valence-corrected chi connectivity index (χ4v) is 4.76. The van der Waals surface area contributed by atoms with Crippen molar-refractivity contribution in [3.05, 3.63) is 70.1 Å². The number of halogens is 2. The molecule has 0 atom stereocenters. The van der Waals surface area contributed by atoms with Crippen LogP contribution >= 0.6 is 23.2 Å².